The van der Waals surface area contributed by atoms with Crippen molar-refractivity contribution in [3.63, 3.8) is 0 Å². The van der Waals surface area contributed by atoms with Crippen LogP contribution in [0.4, 0.5) is 4.39 Å². The molecule has 0 spiro atoms. The third-order valence-corrected chi connectivity index (χ3v) is 5.00. The number of carbonyl (C=O) groups excluding carboxylic acids is 2. The number of hydrogen-bond donors (Lipinski definition) is 0. The summed E-state index contributed by atoms with van der Waals surface area (Å²) in [7, 11) is 3.51. The molecule has 7 heteroatoms. The van der Waals surface area contributed by atoms with Gasteiger partial charge in [-0.05, 0) is 29.8 Å². The van der Waals surface area contributed by atoms with Gasteiger partial charge < -0.3 is 14.5 Å². The van der Waals surface area contributed by atoms with E-state index >= 15 is 0 Å². The average molecular weight is 399 g/mol. The van der Waals surface area contributed by atoms with Crippen LogP contribution in [0.25, 0.3) is 0 Å². The Labute approximate surface area is 170 Å². The van der Waals surface area contributed by atoms with Gasteiger partial charge in [-0.3, -0.25) is 14.5 Å². The van der Waals surface area contributed by atoms with Gasteiger partial charge in [-0.25, -0.2) is 4.39 Å². The minimum absolute atomic E-state index is 0.0237. The molecule has 0 aromatic heterocycles. The molecule has 1 aliphatic heterocycles. The maximum Gasteiger partial charge on any atom is 0.260 e. The summed E-state index contributed by atoms with van der Waals surface area (Å²) in [6.45, 7) is 2.15. The Bertz CT molecular complexity index is 819. The van der Waals surface area contributed by atoms with Crippen LogP contribution in [-0.2, 0) is 9.59 Å². The summed E-state index contributed by atoms with van der Waals surface area (Å²) in [5.74, 6) is 0.0129. The third-order valence-electron chi connectivity index (χ3n) is 5.00. The van der Waals surface area contributed by atoms with Gasteiger partial charge in [0.2, 0.25) is 5.91 Å². The third kappa shape index (κ3) is 5.32. The second kappa shape index (κ2) is 9.52. The van der Waals surface area contributed by atoms with Gasteiger partial charge in [0.05, 0.1) is 0 Å². The first-order chi connectivity index (χ1) is 14.0. The average Bonchev–Trinajstić information content (AvgIpc) is 2.74. The lowest BCUT2D eigenvalue weighted by Gasteiger charge is -2.39. The Hall–Kier alpha value is -2.93. The van der Waals surface area contributed by atoms with Gasteiger partial charge in [0.1, 0.15) is 17.6 Å². The Morgan fingerprint density at radius 3 is 2.21 bits per heavy atom. The quantitative estimate of drug-likeness (QED) is 0.747. The Morgan fingerprint density at radius 1 is 1.00 bits per heavy atom. The lowest BCUT2D eigenvalue weighted by molar-refractivity contribution is -0.138. The van der Waals surface area contributed by atoms with E-state index in [1.54, 1.807) is 23.9 Å². The Balaban J connectivity index is 1.58. The van der Waals surface area contributed by atoms with E-state index in [9.17, 15) is 14.0 Å². The van der Waals surface area contributed by atoms with E-state index in [1.807, 2.05) is 30.3 Å². The molecule has 6 nitrogen and oxygen atoms in total. The highest BCUT2D eigenvalue weighted by molar-refractivity contribution is 5.83. The maximum absolute atomic E-state index is 12.9. The smallest absolute Gasteiger partial charge is 0.260 e. The van der Waals surface area contributed by atoms with Gasteiger partial charge >= 0.3 is 0 Å². The predicted molar refractivity (Wildman–Crippen MR) is 108 cm³/mol. The molecule has 2 amide bonds. The van der Waals surface area contributed by atoms with E-state index in [1.165, 1.54) is 24.3 Å². The molecule has 1 saturated heterocycles. The summed E-state index contributed by atoms with van der Waals surface area (Å²) in [6, 6.07) is 14.9. The van der Waals surface area contributed by atoms with Crippen LogP contribution < -0.4 is 4.74 Å². The summed E-state index contributed by atoms with van der Waals surface area (Å²) in [4.78, 5) is 30.7. The van der Waals surface area contributed by atoms with Crippen LogP contribution in [0.2, 0.25) is 0 Å². The van der Waals surface area contributed by atoms with Gasteiger partial charge in [-0.1, -0.05) is 30.3 Å². The molecule has 0 bridgehead atoms. The zero-order chi connectivity index (χ0) is 20.8. The molecule has 1 fully saturated rings. The van der Waals surface area contributed by atoms with Gasteiger partial charge in [-0.15, -0.1) is 0 Å². The largest absolute Gasteiger partial charge is 0.484 e. The van der Waals surface area contributed by atoms with E-state index in [2.05, 4.69) is 4.90 Å². The molecule has 2 aromatic rings. The highest BCUT2D eigenvalue weighted by atomic mass is 19.1. The van der Waals surface area contributed by atoms with Gasteiger partial charge in [-0.2, -0.15) is 0 Å². The highest BCUT2D eigenvalue weighted by Crippen LogP contribution is 2.24. The van der Waals surface area contributed by atoms with Crippen molar-refractivity contribution >= 4 is 11.8 Å². The van der Waals surface area contributed by atoms with Crippen LogP contribution in [0.15, 0.2) is 54.6 Å². The maximum atomic E-state index is 12.9. The van der Waals surface area contributed by atoms with Crippen molar-refractivity contribution in [1.29, 1.82) is 0 Å². The second-order valence-electron chi connectivity index (χ2n) is 7.21. The first-order valence-electron chi connectivity index (χ1n) is 9.62. The van der Waals surface area contributed by atoms with Gasteiger partial charge in [0, 0.05) is 40.3 Å². The number of carbonyl (C=O) groups is 2. The van der Waals surface area contributed by atoms with E-state index in [0.29, 0.717) is 31.9 Å². The molecule has 1 unspecified atom stereocenters. The number of amides is 2. The van der Waals surface area contributed by atoms with Crippen LogP contribution in [0.1, 0.15) is 11.6 Å². The number of ether oxygens (including phenoxy) is 1. The summed E-state index contributed by atoms with van der Waals surface area (Å²) >= 11 is 0. The number of nitrogens with zero attached hydrogens (tertiary/aromatic N) is 3. The van der Waals surface area contributed by atoms with Crippen molar-refractivity contribution in [2.24, 2.45) is 0 Å². The lowest BCUT2D eigenvalue weighted by Crippen LogP contribution is -2.53. The normalized spacial score (nSPS) is 15.6. The molecule has 29 heavy (non-hydrogen) atoms. The fourth-order valence-corrected chi connectivity index (χ4v) is 3.39. The number of likely N-dealkylation sites (N-methyl/N-ethyl adjacent to an activating group) is 1. The zero-order valence-electron chi connectivity index (χ0n) is 16.8. The van der Waals surface area contributed by atoms with E-state index in [0.717, 1.165) is 5.56 Å². The summed E-state index contributed by atoms with van der Waals surface area (Å²) in [5, 5.41) is 0. The number of rotatable bonds is 6. The van der Waals surface area contributed by atoms with Crippen molar-refractivity contribution in [1.82, 2.24) is 14.7 Å². The molecule has 1 atom stereocenters. The van der Waals surface area contributed by atoms with Crippen LogP contribution in [0.5, 0.6) is 5.75 Å². The Kier molecular flexibility index (Phi) is 6.82. The standard InChI is InChI=1S/C22H26FN3O3/c1-24(2)22(28)21(17-6-4-3-5-7-17)26-14-12-25(13-15-26)20(27)16-29-19-10-8-18(23)9-11-19/h3-11,21H,12-16H2,1-2H3. The molecule has 0 aliphatic carbocycles. The molecule has 154 valence electrons. The molecule has 3 rings (SSSR count). The van der Waals surface area contributed by atoms with Crippen molar-refractivity contribution in [2.75, 3.05) is 46.9 Å². The fraction of sp³-hybridized carbons (Fsp3) is 0.364. The van der Waals surface area contributed by atoms with Gasteiger partial charge in [0.25, 0.3) is 5.91 Å². The molecule has 2 aromatic carbocycles. The minimum Gasteiger partial charge on any atom is -0.484 e. The van der Waals surface area contributed by atoms with E-state index in [4.69, 9.17) is 4.74 Å². The monoisotopic (exact) mass is 399 g/mol. The highest BCUT2D eigenvalue weighted by Gasteiger charge is 2.32. The van der Waals surface area contributed by atoms with Crippen molar-refractivity contribution < 1.29 is 18.7 Å². The summed E-state index contributed by atoms with van der Waals surface area (Å²) in [6.07, 6.45) is 0. The van der Waals surface area contributed by atoms with Gasteiger partial charge in [0.15, 0.2) is 6.61 Å². The molecule has 1 heterocycles. The van der Waals surface area contributed by atoms with Crippen molar-refractivity contribution in [3.8, 4) is 5.75 Å². The fourth-order valence-electron chi connectivity index (χ4n) is 3.39. The molecule has 1 aliphatic rings. The van der Waals surface area contributed by atoms with Crippen LogP contribution >= 0.6 is 0 Å². The predicted octanol–water partition coefficient (Wildman–Crippen LogP) is 2.18. The molecular formula is C22H26FN3O3. The van der Waals surface area contributed by atoms with E-state index in [-0.39, 0.29) is 30.3 Å². The zero-order valence-corrected chi connectivity index (χ0v) is 16.8. The summed E-state index contributed by atoms with van der Waals surface area (Å²) < 4.78 is 18.4. The summed E-state index contributed by atoms with van der Waals surface area (Å²) in [5.41, 5.74) is 0.950. The van der Waals surface area contributed by atoms with Crippen LogP contribution in [-0.4, -0.2) is 73.4 Å². The van der Waals surface area contributed by atoms with Crippen LogP contribution in [0, 0.1) is 5.82 Å². The van der Waals surface area contributed by atoms with Crippen molar-refractivity contribution in [3.05, 3.63) is 66.0 Å². The molecular weight excluding hydrogens is 373 g/mol. The number of piperazine rings is 1. The minimum atomic E-state index is -0.362. The first-order valence-corrected chi connectivity index (χ1v) is 9.62. The number of hydrogen-bond acceptors (Lipinski definition) is 4. The lowest BCUT2D eigenvalue weighted by atomic mass is 10.0. The van der Waals surface area contributed by atoms with Crippen molar-refractivity contribution in [2.45, 2.75) is 6.04 Å². The molecule has 0 radical (unpaired) electrons. The Morgan fingerprint density at radius 2 is 1.62 bits per heavy atom. The van der Waals surface area contributed by atoms with Crippen LogP contribution in [0.3, 0.4) is 0 Å². The topological polar surface area (TPSA) is 53.1 Å². The molecule has 0 N–H and O–H groups in total. The van der Waals surface area contributed by atoms with E-state index < -0.39 is 0 Å². The first kappa shape index (κ1) is 20.8. The number of halogens is 1. The SMILES string of the molecule is CN(C)C(=O)C(c1ccccc1)N1CCN(C(=O)COc2ccc(F)cc2)CC1. The second-order valence-corrected chi connectivity index (χ2v) is 7.21. The molecule has 0 saturated carbocycles. The number of benzene rings is 2.